The van der Waals surface area contributed by atoms with Crippen molar-refractivity contribution in [2.75, 3.05) is 37.0 Å². The molecule has 2 rings (SSSR count). The second kappa shape index (κ2) is 7.77. The average Bonchev–Trinajstić information content (AvgIpc) is 2.52. The van der Waals surface area contributed by atoms with E-state index in [1.54, 1.807) is 12.3 Å². The largest absolute Gasteiger partial charge is 0.453 e. The first kappa shape index (κ1) is 17.0. The predicted molar refractivity (Wildman–Crippen MR) is 85.5 cm³/mol. The van der Waals surface area contributed by atoms with E-state index >= 15 is 0 Å². The Hall–Kier alpha value is -2.35. The summed E-state index contributed by atoms with van der Waals surface area (Å²) in [6.45, 7) is 5.47. The number of anilines is 2. The zero-order chi connectivity index (χ0) is 16.8. The number of morpholine rings is 1. The number of carbonyl (C=O) groups is 2. The summed E-state index contributed by atoms with van der Waals surface area (Å²) >= 11 is 0. The molecule has 1 saturated heterocycles. The number of carbonyl (C=O) groups excluding carboxylic acids is 2. The van der Waals surface area contributed by atoms with Crippen LogP contribution in [0.4, 0.5) is 16.3 Å². The quantitative estimate of drug-likeness (QED) is 0.859. The molecule has 1 aliphatic heterocycles. The molecule has 2 amide bonds. The first-order chi connectivity index (χ1) is 11.0. The average molecular weight is 322 g/mol. The van der Waals surface area contributed by atoms with E-state index in [1.165, 1.54) is 7.11 Å². The highest BCUT2D eigenvalue weighted by Gasteiger charge is 2.23. The third kappa shape index (κ3) is 5.10. The molecule has 1 aromatic heterocycles. The number of ether oxygens (including phenoxy) is 2. The fraction of sp³-hybridized carbons (Fsp3) is 0.533. The molecule has 2 atom stereocenters. The zero-order valence-corrected chi connectivity index (χ0v) is 13.5. The van der Waals surface area contributed by atoms with Gasteiger partial charge in [0.15, 0.2) is 0 Å². The van der Waals surface area contributed by atoms with Gasteiger partial charge in [-0.3, -0.25) is 4.79 Å². The molecule has 0 aliphatic carbocycles. The Morgan fingerprint density at radius 1 is 1.35 bits per heavy atom. The van der Waals surface area contributed by atoms with Gasteiger partial charge in [-0.05, 0) is 26.0 Å². The second-order valence-electron chi connectivity index (χ2n) is 5.46. The van der Waals surface area contributed by atoms with Crippen LogP contribution in [0.25, 0.3) is 0 Å². The van der Waals surface area contributed by atoms with Crippen LogP contribution in [0.15, 0.2) is 18.3 Å². The monoisotopic (exact) mass is 322 g/mol. The van der Waals surface area contributed by atoms with Gasteiger partial charge >= 0.3 is 6.09 Å². The Labute approximate surface area is 135 Å². The molecular weight excluding hydrogens is 300 g/mol. The van der Waals surface area contributed by atoms with E-state index in [9.17, 15) is 9.59 Å². The van der Waals surface area contributed by atoms with Gasteiger partial charge < -0.3 is 25.0 Å². The predicted octanol–water partition coefficient (Wildman–Crippen LogP) is 0.990. The van der Waals surface area contributed by atoms with Crippen LogP contribution >= 0.6 is 0 Å². The maximum Gasteiger partial charge on any atom is 0.407 e. The highest BCUT2D eigenvalue weighted by molar-refractivity contribution is 5.93. The minimum absolute atomic E-state index is 0.157. The molecule has 126 valence electrons. The smallest absolute Gasteiger partial charge is 0.407 e. The van der Waals surface area contributed by atoms with Gasteiger partial charge in [0.25, 0.3) is 0 Å². The number of alkyl carbamates (subject to hydrolysis) is 1. The Morgan fingerprint density at radius 2 is 2.04 bits per heavy atom. The number of nitrogens with zero attached hydrogens (tertiary/aromatic N) is 2. The van der Waals surface area contributed by atoms with E-state index in [-0.39, 0.29) is 24.7 Å². The number of hydrogen-bond acceptors (Lipinski definition) is 6. The third-order valence-corrected chi connectivity index (χ3v) is 3.35. The summed E-state index contributed by atoms with van der Waals surface area (Å²) in [4.78, 5) is 29.1. The Bertz CT molecular complexity index is 539. The molecule has 1 aromatic rings. The van der Waals surface area contributed by atoms with Crippen molar-refractivity contribution in [2.24, 2.45) is 0 Å². The van der Waals surface area contributed by atoms with Crippen molar-refractivity contribution in [1.29, 1.82) is 0 Å². The van der Waals surface area contributed by atoms with Gasteiger partial charge in [-0.1, -0.05) is 0 Å². The minimum Gasteiger partial charge on any atom is -0.453 e. The van der Waals surface area contributed by atoms with Crippen LogP contribution in [0.3, 0.4) is 0 Å². The molecule has 1 aliphatic rings. The van der Waals surface area contributed by atoms with Crippen molar-refractivity contribution in [1.82, 2.24) is 10.3 Å². The first-order valence-corrected chi connectivity index (χ1v) is 7.46. The van der Waals surface area contributed by atoms with Crippen molar-refractivity contribution >= 4 is 23.5 Å². The van der Waals surface area contributed by atoms with Crippen LogP contribution in [0, 0.1) is 0 Å². The summed E-state index contributed by atoms with van der Waals surface area (Å²) in [7, 11) is 1.24. The van der Waals surface area contributed by atoms with Gasteiger partial charge in [0.05, 0.1) is 31.2 Å². The molecule has 8 nitrogen and oxygen atoms in total. The second-order valence-corrected chi connectivity index (χ2v) is 5.46. The normalized spacial score (nSPS) is 20.7. The number of aromatic nitrogens is 1. The molecular formula is C15H22N4O4. The molecule has 2 heterocycles. The van der Waals surface area contributed by atoms with E-state index in [0.717, 1.165) is 18.9 Å². The molecule has 0 spiro atoms. The molecule has 1 fully saturated rings. The maximum absolute atomic E-state index is 11.7. The Balaban J connectivity index is 1.89. The van der Waals surface area contributed by atoms with Crippen molar-refractivity contribution in [3.63, 3.8) is 0 Å². The van der Waals surface area contributed by atoms with Crippen molar-refractivity contribution in [2.45, 2.75) is 26.1 Å². The first-order valence-electron chi connectivity index (χ1n) is 7.46. The van der Waals surface area contributed by atoms with Crippen LogP contribution in [0.2, 0.25) is 0 Å². The maximum atomic E-state index is 11.7. The molecule has 0 bridgehead atoms. The summed E-state index contributed by atoms with van der Waals surface area (Å²) in [6, 6.07) is 3.64. The molecule has 0 saturated carbocycles. The van der Waals surface area contributed by atoms with Gasteiger partial charge in [-0.2, -0.15) is 0 Å². The van der Waals surface area contributed by atoms with E-state index in [2.05, 4.69) is 25.3 Å². The highest BCUT2D eigenvalue weighted by atomic mass is 16.5. The third-order valence-electron chi connectivity index (χ3n) is 3.35. The lowest BCUT2D eigenvalue weighted by Crippen LogP contribution is -2.45. The van der Waals surface area contributed by atoms with Crippen LogP contribution in [-0.4, -0.2) is 55.9 Å². The van der Waals surface area contributed by atoms with Gasteiger partial charge in [-0.25, -0.2) is 9.78 Å². The van der Waals surface area contributed by atoms with E-state index in [1.807, 2.05) is 19.9 Å². The summed E-state index contributed by atoms with van der Waals surface area (Å²) in [5.74, 6) is 0.497. The molecule has 2 N–H and O–H groups in total. The molecule has 0 unspecified atom stereocenters. The lowest BCUT2D eigenvalue weighted by atomic mass is 10.2. The van der Waals surface area contributed by atoms with Gasteiger partial charge in [-0.15, -0.1) is 0 Å². The lowest BCUT2D eigenvalue weighted by molar-refractivity contribution is -0.115. The molecule has 23 heavy (non-hydrogen) atoms. The summed E-state index contributed by atoms with van der Waals surface area (Å²) in [6.07, 6.45) is 1.26. The van der Waals surface area contributed by atoms with Crippen LogP contribution < -0.4 is 15.5 Å². The number of pyridine rings is 1. The molecule has 8 heteroatoms. The summed E-state index contributed by atoms with van der Waals surface area (Å²) in [5.41, 5.74) is 0.569. The topological polar surface area (TPSA) is 92.8 Å². The van der Waals surface area contributed by atoms with E-state index in [4.69, 9.17) is 4.74 Å². The van der Waals surface area contributed by atoms with Crippen LogP contribution in [0.5, 0.6) is 0 Å². The van der Waals surface area contributed by atoms with Gasteiger partial charge in [0, 0.05) is 13.1 Å². The van der Waals surface area contributed by atoms with Crippen LogP contribution in [0.1, 0.15) is 13.8 Å². The number of methoxy groups -OCH3 is 1. The number of hydrogen-bond donors (Lipinski definition) is 2. The Kier molecular flexibility index (Phi) is 5.75. The zero-order valence-electron chi connectivity index (χ0n) is 13.5. The highest BCUT2D eigenvalue weighted by Crippen LogP contribution is 2.19. The van der Waals surface area contributed by atoms with Gasteiger partial charge in [0.1, 0.15) is 12.4 Å². The number of rotatable bonds is 4. The Morgan fingerprint density at radius 3 is 2.61 bits per heavy atom. The molecule has 0 aromatic carbocycles. The fourth-order valence-corrected chi connectivity index (χ4v) is 2.44. The SMILES string of the molecule is COC(=O)NCC(=O)Nc1ccc(N2C[C@@H](C)O[C@H](C)C2)nc1. The molecule has 0 radical (unpaired) electrons. The number of nitrogens with one attached hydrogen (secondary N) is 2. The van der Waals surface area contributed by atoms with Crippen molar-refractivity contribution in [3.8, 4) is 0 Å². The van der Waals surface area contributed by atoms with Crippen LogP contribution in [-0.2, 0) is 14.3 Å². The van der Waals surface area contributed by atoms with Gasteiger partial charge in [0.2, 0.25) is 5.91 Å². The number of amides is 2. The standard InChI is InChI=1S/C15H22N4O4/c1-10-8-19(9-11(2)23-10)13-5-4-12(6-16-13)18-14(20)7-17-15(21)22-3/h4-6,10-11H,7-9H2,1-3H3,(H,17,21)(H,18,20)/t10-,11-/m1/s1. The summed E-state index contributed by atoms with van der Waals surface area (Å²) in [5, 5.41) is 4.96. The lowest BCUT2D eigenvalue weighted by Gasteiger charge is -2.36. The van der Waals surface area contributed by atoms with Crippen molar-refractivity contribution < 1.29 is 19.1 Å². The van der Waals surface area contributed by atoms with E-state index in [0.29, 0.717) is 5.69 Å². The van der Waals surface area contributed by atoms with E-state index < -0.39 is 6.09 Å². The summed E-state index contributed by atoms with van der Waals surface area (Å²) < 4.78 is 10.1. The van der Waals surface area contributed by atoms with Crippen molar-refractivity contribution in [3.05, 3.63) is 18.3 Å². The fourth-order valence-electron chi connectivity index (χ4n) is 2.44. The minimum atomic E-state index is -0.649.